The molecule has 0 radical (unpaired) electrons. The van der Waals surface area contributed by atoms with Gasteiger partial charge in [-0.2, -0.15) is 0 Å². The molecule has 0 spiro atoms. The normalized spacial score (nSPS) is 26.2. The highest BCUT2D eigenvalue weighted by molar-refractivity contribution is 5.78. The van der Waals surface area contributed by atoms with Crippen molar-refractivity contribution in [3.63, 3.8) is 0 Å². The van der Waals surface area contributed by atoms with Crippen molar-refractivity contribution < 1.29 is 24.5 Å². The Bertz CT molecular complexity index is 622. The summed E-state index contributed by atoms with van der Waals surface area (Å²) in [5.41, 5.74) is 4.22. The zero-order chi connectivity index (χ0) is 19.5. The number of hydrogen-bond donors (Lipinski definition) is 3. The highest BCUT2D eigenvalue weighted by Gasteiger charge is 2.43. The lowest BCUT2D eigenvalue weighted by atomic mass is 9.89. The molecule has 1 aromatic rings. The maximum absolute atomic E-state index is 11.7. The van der Waals surface area contributed by atoms with Gasteiger partial charge in [-0.1, -0.05) is 12.2 Å². The van der Waals surface area contributed by atoms with Gasteiger partial charge in [-0.05, 0) is 44.6 Å². The molecular weight excluding hydrogens is 348 g/mol. The zero-order valence-corrected chi connectivity index (χ0v) is 15.7. The van der Waals surface area contributed by atoms with Crippen molar-refractivity contribution in [3.05, 3.63) is 36.2 Å². The highest BCUT2D eigenvalue weighted by atomic mass is 16.5. The van der Waals surface area contributed by atoms with Gasteiger partial charge in [0.2, 0.25) is 0 Å². The number of hydrogen-bond acceptors (Lipinski definition) is 6. The molecule has 0 aliphatic carbocycles. The number of aromatic nitrogens is 1. The molecule has 1 aromatic heterocycles. The van der Waals surface area contributed by atoms with Crippen LogP contribution in [0.1, 0.15) is 44.2 Å². The molecule has 1 aliphatic heterocycles. The van der Waals surface area contributed by atoms with Gasteiger partial charge in [0, 0.05) is 31.0 Å². The monoisotopic (exact) mass is 378 g/mol. The number of nitrogens with two attached hydrogens (primary N) is 1. The van der Waals surface area contributed by atoms with E-state index in [1.807, 2.05) is 0 Å². The summed E-state index contributed by atoms with van der Waals surface area (Å²) in [6.07, 6.45) is 11.6. The summed E-state index contributed by atoms with van der Waals surface area (Å²) in [6.45, 7) is 1.03. The van der Waals surface area contributed by atoms with Gasteiger partial charge in [0.05, 0.1) is 19.3 Å². The molecule has 2 bridgehead atoms. The minimum absolute atomic E-state index is 0.0329. The van der Waals surface area contributed by atoms with Crippen molar-refractivity contribution in [1.29, 1.82) is 0 Å². The van der Waals surface area contributed by atoms with Crippen LogP contribution in [0.2, 0.25) is 0 Å². The van der Waals surface area contributed by atoms with Gasteiger partial charge < -0.3 is 25.4 Å². The van der Waals surface area contributed by atoms with Crippen LogP contribution < -0.4 is 10.5 Å². The fourth-order valence-electron chi connectivity index (χ4n) is 2.89. The Hall–Kier alpha value is -1.96. The summed E-state index contributed by atoms with van der Waals surface area (Å²) in [7, 11) is 0. The second-order valence-electron chi connectivity index (χ2n) is 6.88. The average Bonchev–Trinajstić information content (AvgIpc) is 2.64. The third kappa shape index (κ3) is 6.93. The number of pyridine rings is 1. The summed E-state index contributed by atoms with van der Waals surface area (Å²) >= 11 is 0. The molecule has 2 atom stereocenters. The van der Waals surface area contributed by atoms with Gasteiger partial charge in [-0.25, -0.2) is 4.79 Å². The zero-order valence-electron chi connectivity index (χ0n) is 15.7. The van der Waals surface area contributed by atoms with Crippen molar-refractivity contribution in [3.8, 4) is 5.75 Å². The smallest absolute Gasteiger partial charge is 0.337 e. The number of carbonyl (C=O) groups is 1. The van der Waals surface area contributed by atoms with E-state index in [1.165, 1.54) is 0 Å². The summed E-state index contributed by atoms with van der Waals surface area (Å²) in [5.74, 6) is -0.784. The summed E-state index contributed by atoms with van der Waals surface area (Å²) in [4.78, 5) is 15.8. The van der Waals surface area contributed by atoms with Crippen molar-refractivity contribution >= 4 is 5.97 Å². The van der Waals surface area contributed by atoms with E-state index in [9.17, 15) is 15.0 Å². The van der Waals surface area contributed by atoms with Gasteiger partial charge in [0.15, 0.2) is 5.60 Å². The Morgan fingerprint density at radius 3 is 2.59 bits per heavy atom. The van der Waals surface area contributed by atoms with Gasteiger partial charge in [-0.3, -0.25) is 4.98 Å². The predicted molar refractivity (Wildman–Crippen MR) is 102 cm³/mol. The molecule has 7 heteroatoms. The Labute approximate surface area is 160 Å². The second kappa shape index (κ2) is 11.0. The highest BCUT2D eigenvalue weighted by Crippen LogP contribution is 2.20. The van der Waals surface area contributed by atoms with Crippen LogP contribution in [0.4, 0.5) is 0 Å². The molecule has 0 saturated heterocycles. The number of aliphatic carboxylic acids is 1. The molecular formula is C20H30N2O5. The SMILES string of the molecule is NC1COCCCCC=CCCCCOc2ccnc(c2)C[C@]1(O)C(=O)O. The van der Waals surface area contributed by atoms with E-state index < -0.39 is 17.6 Å². The van der Waals surface area contributed by atoms with Crippen LogP contribution >= 0.6 is 0 Å². The summed E-state index contributed by atoms with van der Waals surface area (Å²) in [6, 6.07) is 2.30. The van der Waals surface area contributed by atoms with E-state index in [2.05, 4.69) is 17.1 Å². The maximum Gasteiger partial charge on any atom is 0.337 e. The number of allylic oxidation sites excluding steroid dienone is 2. The lowest BCUT2D eigenvalue weighted by molar-refractivity contribution is -0.162. The Kier molecular flexibility index (Phi) is 8.71. The molecule has 0 fully saturated rings. The van der Waals surface area contributed by atoms with E-state index >= 15 is 0 Å². The molecule has 27 heavy (non-hydrogen) atoms. The molecule has 0 aromatic carbocycles. The minimum Gasteiger partial charge on any atom is -0.493 e. The van der Waals surface area contributed by atoms with E-state index in [0.717, 1.165) is 38.5 Å². The largest absolute Gasteiger partial charge is 0.493 e. The molecule has 0 amide bonds. The van der Waals surface area contributed by atoms with Crippen LogP contribution in [0.5, 0.6) is 5.75 Å². The third-order valence-electron chi connectivity index (χ3n) is 4.63. The van der Waals surface area contributed by atoms with Crippen LogP contribution in [0, 0.1) is 0 Å². The molecule has 1 aliphatic rings. The first kappa shape index (κ1) is 21.3. The number of fused-ring (bicyclic) bond motifs is 2. The third-order valence-corrected chi connectivity index (χ3v) is 4.63. The standard InChI is InChI=1S/C20H30N2O5/c21-18-15-26-11-7-5-3-1-2-4-6-8-12-27-17-9-10-22-16(13-17)14-20(18,25)19(23)24/h1-2,9-10,13,18,25H,3-8,11-12,14-15,21H2,(H,23,24)/t18?,20-/m1/s1. The number of carboxylic acid groups (broad SMARTS) is 1. The van der Waals surface area contributed by atoms with Crippen LogP contribution in [0.15, 0.2) is 30.5 Å². The summed E-state index contributed by atoms with van der Waals surface area (Å²) in [5, 5.41) is 20.2. The van der Waals surface area contributed by atoms with E-state index in [4.69, 9.17) is 15.2 Å². The van der Waals surface area contributed by atoms with E-state index in [1.54, 1.807) is 18.3 Å². The number of aliphatic hydroxyl groups is 1. The number of rotatable bonds is 1. The van der Waals surface area contributed by atoms with Crippen molar-refractivity contribution in [2.75, 3.05) is 19.8 Å². The average molecular weight is 378 g/mol. The molecule has 2 heterocycles. The minimum atomic E-state index is -2.16. The molecule has 4 N–H and O–H groups in total. The molecule has 0 saturated carbocycles. The molecule has 1 unspecified atom stereocenters. The van der Waals surface area contributed by atoms with E-state index in [-0.39, 0.29) is 13.0 Å². The van der Waals surface area contributed by atoms with Gasteiger partial charge >= 0.3 is 5.97 Å². The molecule has 150 valence electrons. The summed E-state index contributed by atoms with van der Waals surface area (Å²) < 4.78 is 11.2. The molecule has 7 nitrogen and oxygen atoms in total. The van der Waals surface area contributed by atoms with Crippen molar-refractivity contribution in [2.24, 2.45) is 5.73 Å². The van der Waals surface area contributed by atoms with Gasteiger partial charge in [-0.15, -0.1) is 0 Å². The molecule has 2 rings (SSSR count). The Morgan fingerprint density at radius 2 is 1.89 bits per heavy atom. The van der Waals surface area contributed by atoms with Crippen molar-refractivity contribution in [1.82, 2.24) is 4.98 Å². The van der Waals surface area contributed by atoms with Crippen molar-refractivity contribution in [2.45, 2.75) is 56.6 Å². The first-order chi connectivity index (χ1) is 13.0. The lowest BCUT2D eigenvalue weighted by Crippen LogP contribution is -2.57. The van der Waals surface area contributed by atoms with Crippen LogP contribution in [-0.4, -0.2) is 52.6 Å². The quantitative estimate of drug-likeness (QED) is 0.641. The first-order valence-corrected chi connectivity index (χ1v) is 9.54. The van der Waals surface area contributed by atoms with Crippen LogP contribution in [0.25, 0.3) is 0 Å². The predicted octanol–water partition coefficient (Wildman–Crippen LogP) is 2.07. The van der Waals surface area contributed by atoms with Crippen LogP contribution in [0.3, 0.4) is 0 Å². The topological polar surface area (TPSA) is 115 Å². The second-order valence-corrected chi connectivity index (χ2v) is 6.88. The number of carboxylic acids is 1. The first-order valence-electron chi connectivity index (χ1n) is 9.54. The van der Waals surface area contributed by atoms with Crippen LogP contribution in [-0.2, 0) is 16.0 Å². The fraction of sp³-hybridized carbons (Fsp3) is 0.600. The Morgan fingerprint density at radius 1 is 1.19 bits per heavy atom. The lowest BCUT2D eigenvalue weighted by Gasteiger charge is -2.29. The maximum atomic E-state index is 11.7. The number of ether oxygens (including phenoxy) is 2. The fourth-order valence-corrected chi connectivity index (χ4v) is 2.89. The number of nitrogens with zero attached hydrogens (tertiary/aromatic N) is 1. The Balaban J connectivity index is 2.11. The van der Waals surface area contributed by atoms with E-state index in [0.29, 0.717) is 24.7 Å². The van der Waals surface area contributed by atoms with Gasteiger partial charge in [0.25, 0.3) is 0 Å². The van der Waals surface area contributed by atoms with Gasteiger partial charge in [0.1, 0.15) is 5.75 Å².